The zero-order valence-corrected chi connectivity index (χ0v) is 14.5. The van der Waals surface area contributed by atoms with E-state index in [-0.39, 0.29) is 5.91 Å². The minimum absolute atomic E-state index is 0.316. The number of methoxy groups -OCH3 is 3. The lowest BCUT2D eigenvalue weighted by atomic mass is 10.1. The quantitative estimate of drug-likeness (QED) is 0.751. The molecule has 0 aliphatic carbocycles. The van der Waals surface area contributed by atoms with Crippen molar-refractivity contribution in [3.63, 3.8) is 0 Å². The van der Waals surface area contributed by atoms with Gasteiger partial charge in [-0.05, 0) is 36.4 Å². The van der Waals surface area contributed by atoms with Crippen LogP contribution in [-0.4, -0.2) is 39.8 Å². The minimum Gasteiger partial charge on any atom is -0.546 e. The molecule has 0 aliphatic heterocycles. The Morgan fingerprint density at radius 1 is 0.962 bits per heavy atom. The Labute approximate surface area is 150 Å². The van der Waals surface area contributed by atoms with Crippen LogP contribution in [0, 0.1) is 0 Å². The fraction of sp³-hybridized carbons (Fsp3) is 0.222. The number of carboxylic acids is 1. The van der Waals surface area contributed by atoms with E-state index in [9.17, 15) is 14.7 Å². The van der Waals surface area contributed by atoms with Gasteiger partial charge in [0.2, 0.25) is 5.75 Å². The summed E-state index contributed by atoms with van der Waals surface area (Å²) in [5, 5.41) is 13.1. The third kappa shape index (κ3) is 4.56. The Hall–Kier alpha value is -3.42. The van der Waals surface area contributed by atoms with Crippen molar-refractivity contribution in [3.8, 4) is 23.0 Å². The van der Waals surface area contributed by atoms with Crippen molar-refractivity contribution in [1.29, 1.82) is 0 Å². The van der Waals surface area contributed by atoms with Gasteiger partial charge in [0.25, 0.3) is 5.91 Å². The van der Waals surface area contributed by atoms with Crippen molar-refractivity contribution in [2.45, 2.75) is 0 Å². The Bertz CT molecular complexity index is 762. The van der Waals surface area contributed by atoms with Crippen LogP contribution in [0.3, 0.4) is 0 Å². The van der Waals surface area contributed by atoms with E-state index < -0.39 is 12.6 Å². The summed E-state index contributed by atoms with van der Waals surface area (Å²) < 4.78 is 20.7. The number of hydrogen-bond donors (Lipinski definition) is 1. The first kappa shape index (κ1) is 18.9. The fourth-order valence-electron chi connectivity index (χ4n) is 2.19. The Morgan fingerprint density at radius 2 is 1.54 bits per heavy atom. The van der Waals surface area contributed by atoms with Gasteiger partial charge in [0.05, 0.1) is 27.3 Å². The summed E-state index contributed by atoms with van der Waals surface area (Å²) in [5.41, 5.74) is 0.821. The first-order chi connectivity index (χ1) is 12.5. The molecule has 0 heterocycles. The van der Waals surface area contributed by atoms with Crippen molar-refractivity contribution in [1.82, 2.24) is 0 Å². The molecule has 2 aromatic carbocycles. The first-order valence-electron chi connectivity index (χ1n) is 7.52. The molecule has 0 unspecified atom stereocenters. The number of benzene rings is 2. The predicted molar refractivity (Wildman–Crippen MR) is 91.0 cm³/mol. The third-order valence-electron chi connectivity index (χ3n) is 3.40. The van der Waals surface area contributed by atoms with Crippen molar-refractivity contribution in [2.24, 2.45) is 0 Å². The van der Waals surface area contributed by atoms with Crippen LogP contribution in [0.2, 0.25) is 0 Å². The number of ether oxygens (including phenoxy) is 4. The Morgan fingerprint density at radius 3 is 2.00 bits per heavy atom. The highest BCUT2D eigenvalue weighted by atomic mass is 16.5. The summed E-state index contributed by atoms with van der Waals surface area (Å²) >= 11 is 0. The molecule has 1 amide bonds. The molecule has 0 aliphatic rings. The van der Waals surface area contributed by atoms with E-state index in [1.807, 2.05) is 0 Å². The maximum Gasteiger partial charge on any atom is 0.255 e. The summed E-state index contributed by atoms with van der Waals surface area (Å²) in [6.45, 7) is -0.545. The van der Waals surface area contributed by atoms with Gasteiger partial charge < -0.3 is 34.2 Å². The number of nitrogens with one attached hydrogen (secondary N) is 1. The zero-order chi connectivity index (χ0) is 19.1. The van der Waals surface area contributed by atoms with Gasteiger partial charge in [-0.1, -0.05) is 0 Å². The third-order valence-corrected chi connectivity index (χ3v) is 3.40. The molecule has 26 heavy (non-hydrogen) atoms. The van der Waals surface area contributed by atoms with Gasteiger partial charge in [0.15, 0.2) is 11.5 Å². The van der Waals surface area contributed by atoms with Crippen LogP contribution in [-0.2, 0) is 4.79 Å². The average molecular weight is 360 g/mol. The largest absolute Gasteiger partial charge is 0.546 e. The number of anilines is 1. The highest BCUT2D eigenvalue weighted by molar-refractivity contribution is 6.05. The van der Waals surface area contributed by atoms with Crippen molar-refractivity contribution in [3.05, 3.63) is 42.0 Å². The second-order valence-corrected chi connectivity index (χ2v) is 5.05. The van der Waals surface area contributed by atoms with Gasteiger partial charge in [0, 0.05) is 11.3 Å². The molecule has 8 nitrogen and oxygen atoms in total. The Kier molecular flexibility index (Phi) is 6.26. The van der Waals surface area contributed by atoms with Crippen LogP contribution in [0.4, 0.5) is 5.69 Å². The molecule has 8 heteroatoms. The minimum atomic E-state index is -1.32. The standard InChI is InChI=1S/C18H19NO7/c1-23-14-8-11(9-15(24-2)17(14)25-3)18(22)19-12-4-6-13(7-5-12)26-10-16(20)21/h4-9H,10H2,1-3H3,(H,19,22)(H,20,21)/p-1. The molecule has 2 rings (SSSR count). The van der Waals surface area contributed by atoms with Crippen LogP contribution >= 0.6 is 0 Å². The van der Waals surface area contributed by atoms with E-state index >= 15 is 0 Å². The van der Waals surface area contributed by atoms with E-state index in [0.29, 0.717) is 34.2 Å². The van der Waals surface area contributed by atoms with E-state index in [1.54, 1.807) is 12.1 Å². The zero-order valence-electron chi connectivity index (χ0n) is 14.5. The molecule has 1 N–H and O–H groups in total. The summed E-state index contributed by atoms with van der Waals surface area (Å²) in [6.07, 6.45) is 0. The molecule has 0 atom stereocenters. The molecule has 0 saturated carbocycles. The van der Waals surface area contributed by atoms with Crippen molar-refractivity contribution >= 4 is 17.6 Å². The molecule has 0 spiro atoms. The molecular weight excluding hydrogens is 342 g/mol. The number of carbonyl (C=O) groups is 2. The lowest BCUT2D eigenvalue weighted by Crippen LogP contribution is -2.28. The molecule has 2 aromatic rings. The van der Waals surface area contributed by atoms with E-state index in [2.05, 4.69) is 5.32 Å². The van der Waals surface area contributed by atoms with Gasteiger partial charge in [-0.2, -0.15) is 0 Å². The van der Waals surface area contributed by atoms with Crippen LogP contribution in [0.15, 0.2) is 36.4 Å². The van der Waals surface area contributed by atoms with Gasteiger partial charge >= 0.3 is 0 Å². The van der Waals surface area contributed by atoms with E-state index in [1.165, 1.54) is 45.6 Å². The van der Waals surface area contributed by atoms with Gasteiger partial charge in [0.1, 0.15) is 12.4 Å². The number of amides is 1. The van der Waals surface area contributed by atoms with E-state index in [4.69, 9.17) is 18.9 Å². The fourth-order valence-corrected chi connectivity index (χ4v) is 2.19. The average Bonchev–Trinajstić information content (AvgIpc) is 2.65. The monoisotopic (exact) mass is 360 g/mol. The maximum atomic E-state index is 12.5. The van der Waals surface area contributed by atoms with Crippen LogP contribution in [0.25, 0.3) is 0 Å². The molecule has 0 bridgehead atoms. The van der Waals surface area contributed by atoms with Gasteiger partial charge in [-0.3, -0.25) is 4.79 Å². The second kappa shape index (κ2) is 8.61. The predicted octanol–water partition coefficient (Wildman–Crippen LogP) is 1.09. The van der Waals surface area contributed by atoms with Crippen LogP contribution < -0.4 is 29.4 Å². The normalized spacial score (nSPS) is 9.96. The molecule has 0 saturated heterocycles. The number of hydrogen-bond acceptors (Lipinski definition) is 7. The SMILES string of the molecule is COc1cc(C(=O)Nc2ccc(OCC(=O)[O-])cc2)cc(OC)c1OC. The molecule has 138 valence electrons. The van der Waals surface area contributed by atoms with Crippen molar-refractivity contribution in [2.75, 3.05) is 33.3 Å². The van der Waals surface area contributed by atoms with E-state index in [0.717, 1.165) is 0 Å². The number of carboxylic acid groups (broad SMARTS) is 1. The second-order valence-electron chi connectivity index (χ2n) is 5.05. The van der Waals surface area contributed by atoms with Gasteiger partial charge in [-0.25, -0.2) is 0 Å². The summed E-state index contributed by atoms with van der Waals surface area (Å²) in [5.74, 6) is -0.232. The highest BCUT2D eigenvalue weighted by Crippen LogP contribution is 2.38. The lowest BCUT2D eigenvalue weighted by molar-refractivity contribution is -0.307. The van der Waals surface area contributed by atoms with Crippen molar-refractivity contribution < 1.29 is 33.6 Å². The topological polar surface area (TPSA) is 106 Å². The summed E-state index contributed by atoms with van der Waals surface area (Å²) in [6, 6.07) is 9.31. The number of aliphatic carboxylic acids is 1. The Balaban J connectivity index is 2.15. The van der Waals surface area contributed by atoms with Crippen LogP contribution in [0.5, 0.6) is 23.0 Å². The number of carbonyl (C=O) groups excluding carboxylic acids is 2. The molecule has 0 fully saturated rings. The first-order valence-corrected chi connectivity index (χ1v) is 7.52. The highest BCUT2D eigenvalue weighted by Gasteiger charge is 2.17. The van der Waals surface area contributed by atoms with Gasteiger partial charge in [-0.15, -0.1) is 0 Å². The summed E-state index contributed by atoms with van der Waals surface area (Å²) in [4.78, 5) is 22.8. The van der Waals surface area contributed by atoms with Crippen LogP contribution in [0.1, 0.15) is 10.4 Å². The number of rotatable bonds is 8. The lowest BCUT2D eigenvalue weighted by Gasteiger charge is -2.14. The maximum absolute atomic E-state index is 12.5. The molecule has 0 radical (unpaired) electrons. The smallest absolute Gasteiger partial charge is 0.255 e. The molecular formula is C18H18NO7-. The summed E-state index contributed by atoms with van der Waals surface area (Å²) in [7, 11) is 4.40. The molecule has 0 aromatic heterocycles.